The molecule has 0 aliphatic rings. The molecule has 2 aromatic carbocycles. The van der Waals surface area contributed by atoms with E-state index in [9.17, 15) is 5.11 Å². The summed E-state index contributed by atoms with van der Waals surface area (Å²) in [6, 6.07) is 16.7. The Hall–Kier alpha value is -1.80. The van der Waals surface area contributed by atoms with Gasteiger partial charge in [0.05, 0.1) is 12.1 Å². The minimum absolute atomic E-state index is 0.0440. The summed E-state index contributed by atoms with van der Waals surface area (Å²) in [5.41, 5.74) is 4.16. The Kier molecular flexibility index (Phi) is 4.69. The SMILES string of the molecule is Cc1ccccc1NC(C)(CO)c1ccc(C(C)C)cc1. The molecule has 0 aliphatic carbocycles. The predicted molar refractivity (Wildman–Crippen MR) is 89.8 cm³/mol. The van der Waals surface area contributed by atoms with Crippen LogP contribution >= 0.6 is 0 Å². The fourth-order valence-electron chi connectivity index (χ4n) is 2.45. The van der Waals surface area contributed by atoms with Gasteiger partial charge >= 0.3 is 0 Å². The molecule has 0 aromatic heterocycles. The molecule has 2 nitrogen and oxygen atoms in total. The third-order valence-corrected chi connectivity index (χ3v) is 4.09. The van der Waals surface area contributed by atoms with Crippen molar-refractivity contribution in [2.45, 2.75) is 39.2 Å². The molecular weight excluding hydrogens is 258 g/mol. The van der Waals surface area contributed by atoms with Gasteiger partial charge in [-0.1, -0.05) is 56.3 Å². The zero-order valence-electron chi connectivity index (χ0n) is 13.4. The van der Waals surface area contributed by atoms with Crippen molar-refractivity contribution in [1.29, 1.82) is 0 Å². The lowest BCUT2D eigenvalue weighted by atomic mass is 9.90. The third kappa shape index (κ3) is 3.45. The zero-order chi connectivity index (χ0) is 15.5. The summed E-state index contributed by atoms with van der Waals surface area (Å²) in [4.78, 5) is 0. The second kappa shape index (κ2) is 6.31. The number of nitrogens with one attached hydrogen (secondary N) is 1. The van der Waals surface area contributed by atoms with Crippen LogP contribution in [0, 0.1) is 6.92 Å². The number of aryl methyl sites for hydroxylation is 1. The minimum Gasteiger partial charge on any atom is -0.394 e. The van der Waals surface area contributed by atoms with Crippen molar-refractivity contribution in [2.24, 2.45) is 0 Å². The second-order valence-corrected chi connectivity index (χ2v) is 6.21. The van der Waals surface area contributed by atoms with Crippen LogP contribution in [0.5, 0.6) is 0 Å². The highest BCUT2D eigenvalue weighted by molar-refractivity contribution is 5.53. The van der Waals surface area contributed by atoms with Gasteiger partial charge < -0.3 is 10.4 Å². The lowest BCUT2D eigenvalue weighted by molar-refractivity contribution is 0.224. The van der Waals surface area contributed by atoms with E-state index in [1.165, 1.54) is 11.1 Å². The van der Waals surface area contributed by atoms with Crippen molar-refractivity contribution in [3.8, 4) is 0 Å². The van der Waals surface area contributed by atoms with Crippen LogP contribution in [-0.4, -0.2) is 11.7 Å². The fraction of sp³-hybridized carbons (Fsp3) is 0.368. The molecule has 2 rings (SSSR count). The highest BCUT2D eigenvalue weighted by Crippen LogP contribution is 2.28. The van der Waals surface area contributed by atoms with Crippen LogP contribution in [0.2, 0.25) is 0 Å². The van der Waals surface area contributed by atoms with Crippen molar-refractivity contribution < 1.29 is 5.11 Å². The maximum absolute atomic E-state index is 9.91. The molecular formula is C19H25NO. The number of benzene rings is 2. The maximum atomic E-state index is 9.91. The zero-order valence-corrected chi connectivity index (χ0v) is 13.4. The van der Waals surface area contributed by atoms with Crippen molar-refractivity contribution >= 4 is 5.69 Å². The molecule has 0 heterocycles. The molecule has 112 valence electrons. The minimum atomic E-state index is -0.485. The van der Waals surface area contributed by atoms with Gasteiger partial charge in [-0.15, -0.1) is 0 Å². The molecule has 0 amide bonds. The predicted octanol–water partition coefficient (Wildman–Crippen LogP) is 4.44. The first-order valence-electron chi connectivity index (χ1n) is 7.51. The summed E-state index contributed by atoms with van der Waals surface area (Å²) >= 11 is 0. The average molecular weight is 283 g/mol. The van der Waals surface area contributed by atoms with Gasteiger partial charge in [-0.05, 0) is 42.5 Å². The number of aliphatic hydroxyl groups excluding tert-OH is 1. The molecule has 0 spiro atoms. The summed E-state index contributed by atoms with van der Waals surface area (Å²) in [5, 5.41) is 13.4. The van der Waals surface area contributed by atoms with Crippen LogP contribution in [0.1, 0.15) is 43.4 Å². The van der Waals surface area contributed by atoms with Gasteiger partial charge in [0.2, 0.25) is 0 Å². The van der Waals surface area contributed by atoms with E-state index in [1.807, 2.05) is 25.1 Å². The lowest BCUT2D eigenvalue weighted by Crippen LogP contribution is -2.36. The first kappa shape index (κ1) is 15.6. The standard InChI is InChI=1S/C19H25NO/c1-14(2)16-9-11-17(12-10-16)19(4,13-21)20-18-8-6-5-7-15(18)3/h5-12,14,20-21H,13H2,1-4H3. The summed E-state index contributed by atoms with van der Waals surface area (Å²) < 4.78 is 0. The lowest BCUT2D eigenvalue weighted by Gasteiger charge is -2.31. The first-order chi connectivity index (χ1) is 9.96. The number of hydrogen-bond acceptors (Lipinski definition) is 2. The smallest absolute Gasteiger partial charge is 0.0828 e. The molecule has 2 heteroatoms. The molecule has 1 unspecified atom stereocenters. The molecule has 21 heavy (non-hydrogen) atoms. The molecule has 2 aromatic rings. The van der Waals surface area contributed by atoms with Crippen molar-refractivity contribution in [1.82, 2.24) is 0 Å². The van der Waals surface area contributed by atoms with E-state index in [-0.39, 0.29) is 6.61 Å². The van der Waals surface area contributed by atoms with Gasteiger partial charge in [0.15, 0.2) is 0 Å². The Labute approximate surface area is 127 Å². The quantitative estimate of drug-likeness (QED) is 0.850. The van der Waals surface area contributed by atoms with E-state index in [1.54, 1.807) is 0 Å². The van der Waals surface area contributed by atoms with Crippen LogP contribution in [0.4, 0.5) is 5.69 Å². The number of rotatable bonds is 5. The van der Waals surface area contributed by atoms with E-state index in [2.05, 4.69) is 56.4 Å². The number of hydrogen-bond donors (Lipinski definition) is 2. The second-order valence-electron chi connectivity index (χ2n) is 6.21. The van der Waals surface area contributed by atoms with Crippen LogP contribution in [0.25, 0.3) is 0 Å². The van der Waals surface area contributed by atoms with E-state index in [0.717, 1.165) is 11.3 Å². The number of aliphatic hydroxyl groups is 1. The van der Waals surface area contributed by atoms with E-state index < -0.39 is 5.54 Å². The van der Waals surface area contributed by atoms with Gasteiger partial charge in [0.25, 0.3) is 0 Å². The Morgan fingerprint density at radius 1 is 1.05 bits per heavy atom. The molecule has 0 fully saturated rings. The summed E-state index contributed by atoms with van der Waals surface area (Å²) in [6.45, 7) is 8.52. The van der Waals surface area contributed by atoms with Crippen LogP contribution < -0.4 is 5.32 Å². The van der Waals surface area contributed by atoms with Gasteiger partial charge in [-0.3, -0.25) is 0 Å². The summed E-state index contributed by atoms with van der Waals surface area (Å²) in [6.07, 6.45) is 0. The van der Waals surface area contributed by atoms with E-state index in [0.29, 0.717) is 5.92 Å². The first-order valence-corrected chi connectivity index (χ1v) is 7.51. The summed E-state index contributed by atoms with van der Waals surface area (Å²) in [7, 11) is 0. The summed E-state index contributed by atoms with van der Waals surface area (Å²) in [5.74, 6) is 0.517. The highest BCUT2D eigenvalue weighted by Gasteiger charge is 2.26. The van der Waals surface area contributed by atoms with Crippen molar-refractivity contribution in [3.05, 3.63) is 65.2 Å². The van der Waals surface area contributed by atoms with E-state index >= 15 is 0 Å². The van der Waals surface area contributed by atoms with Crippen molar-refractivity contribution in [3.63, 3.8) is 0 Å². The van der Waals surface area contributed by atoms with Crippen molar-refractivity contribution in [2.75, 3.05) is 11.9 Å². The molecule has 0 saturated carbocycles. The Morgan fingerprint density at radius 2 is 1.67 bits per heavy atom. The third-order valence-electron chi connectivity index (χ3n) is 4.09. The monoisotopic (exact) mass is 283 g/mol. The van der Waals surface area contributed by atoms with E-state index in [4.69, 9.17) is 0 Å². The number of para-hydroxylation sites is 1. The fourth-order valence-corrected chi connectivity index (χ4v) is 2.45. The molecule has 0 saturated heterocycles. The van der Waals surface area contributed by atoms with Crippen LogP contribution in [0.15, 0.2) is 48.5 Å². The molecule has 0 radical (unpaired) electrons. The Morgan fingerprint density at radius 3 is 2.19 bits per heavy atom. The normalized spacial score (nSPS) is 14.0. The number of anilines is 1. The molecule has 2 N–H and O–H groups in total. The molecule has 0 bridgehead atoms. The largest absolute Gasteiger partial charge is 0.394 e. The van der Waals surface area contributed by atoms with Crippen LogP contribution in [-0.2, 0) is 5.54 Å². The Bertz CT molecular complexity index is 589. The van der Waals surface area contributed by atoms with Gasteiger partial charge in [0.1, 0.15) is 0 Å². The Balaban J connectivity index is 2.30. The maximum Gasteiger partial charge on any atom is 0.0828 e. The average Bonchev–Trinajstić information content (AvgIpc) is 2.49. The van der Waals surface area contributed by atoms with Gasteiger partial charge in [-0.2, -0.15) is 0 Å². The highest BCUT2D eigenvalue weighted by atomic mass is 16.3. The van der Waals surface area contributed by atoms with Gasteiger partial charge in [0, 0.05) is 5.69 Å². The molecule has 1 atom stereocenters. The topological polar surface area (TPSA) is 32.3 Å². The molecule has 0 aliphatic heterocycles. The van der Waals surface area contributed by atoms with Crippen LogP contribution in [0.3, 0.4) is 0 Å². The van der Waals surface area contributed by atoms with Gasteiger partial charge in [-0.25, -0.2) is 0 Å².